The van der Waals surface area contributed by atoms with Crippen molar-refractivity contribution in [2.45, 2.75) is 25.2 Å². The second-order valence-electron chi connectivity index (χ2n) is 7.22. The molecule has 8 heteroatoms. The normalized spacial score (nSPS) is 15.5. The molecule has 1 saturated heterocycles. The van der Waals surface area contributed by atoms with Crippen molar-refractivity contribution < 1.29 is 14.2 Å². The Labute approximate surface area is 206 Å². The minimum absolute atomic E-state index is 0. The fourth-order valence-corrected chi connectivity index (χ4v) is 4.12. The number of nitrogens with zero attached hydrogens (tertiary/aromatic N) is 1. The molecule has 1 aliphatic heterocycles. The molecule has 6 nitrogen and oxygen atoms in total. The van der Waals surface area contributed by atoms with Gasteiger partial charge in [-0.2, -0.15) is 0 Å². The molecule has 2 aromatic carbocycles. The van der Waals surface area contributed by atoms with E-state index in [9.17, 15) is 0 Å². The zero-order chi connectivity index (χ0) is 21.4. The van der Waals surface area contributed by atoms with Gasteiger partial charge in [0.05, 0.1) is 13.7 Å². The second kappa shape index (κ2) is 12.4. The molecule has 0 saturated carbocycles. The molecule has 0 aromatic heterocycles. The van der Waals surface area contributed by atoms with E-state index >= 15 is 0 Å². The summed E-state index contributed by atoms with van der Waals surface area (Å²) in [7, 11) is 3.39. The molecule has 1 heterocycles. The maximum Gasteiger partial charge on any atom is 0.195 e. The lowest BCUT2D eigenvalue weighted by Gasteiger charge is -2.38. The average Bonchev–Trinajstić information content (AvgIpc) is 2.78. The average molecular weight is 560 g/mol. The molecule has 2 aromatic rings. The van der Waals surface area contributed by atoms with E-state index in [4.69, 9.17) is 25.8 Å². The fraction of sp³-hybridized carbons (Fsp3) is 0.435. The lowest BCUT2D eigenvalue weighted by molar-refractivity contribution is 0.0515. The highest BCUT2D eigenvalue weighted by molar-refractivity contribution is 14.0. The number of anilines is 1. The number of rotatable bonds is 7. The summed E-state index contributed by atoms with van der Waals surface area (Å²) in [5.41, 5.74) is 1.91. The van der Waals surface area contributed by atoms with E-state index in [1.807, 2.05) is 43.3 Å². The molecule has 0 spiro atoms. The lowest BCUT2D eigenvalue weighted by atomic mass is 9.74. The molecule has 0 radical (unpaired) electrons. The molecule has 2 N–H and O–H groups in total. The summed E-state index contributed by atoms with van der Waals surface area (Å²) < 4.78 is 16.7. The maximum atomic E-state index is 6.56. The van der Waals surface area contributed by atoms with Crippen molar-refractivity contribution in [3.05, 3.63) is 53.1 Å². The molecule has 3 rings (SSSR count). The van der Waals surface area contributed by atoms with Crippen molar-refractivity contribution in [3.8, 4) is 11.5 Å². The molecule has 1 aliphatic rings. The van der Waals surface area contributed by atoms with Crippen LogP contribution in [0.2, 0.25) is 5.02 Å². The van der Waals surface area contributed by atoms with Gasteiger partial charge < -0.3 is 24.8 Å². The number of benzene rings is 2. The molecule has 0 unspecified atom stereocenters. The van der Waals surface area contributed by atoms with Crippen LogP contribution in [0.25, 0.3) is 0 Å². The van der Waals surface area contributed by atoms with E-state index in [-0.39, 0.29) is 29.4 Å². The van der Waals surface area contributed by atoms with E-state index < -0.39 is 0 Å². The second-order valence-corrected chi connectivity index (χ2v) is 7.63. The van der Waals surface area contributed by atoms with Crippen LogP contribution in [0, 0.1) is 0 Å². The van der Waals surface area contributed by atoms with Gasteiger partial charge in [-0.05, 0) is 43.5 Å². The predicted octanol–water partition coefficient (Wildman–Crippen LogP) is 5.10. The Morgan fingerprint density at radius 2 is 1.90 bits per heavy atom. The van der Waals surface area contributed by atoms with Crippen molar-refractivity contribution in [3.63, 3.8) is 0 Å². The molecular formula is C23H31ClIN3O3. The van der Waals surface area contributed by atoms with E-state index in [0.717, 1.165) is 42.3 Å². The summed E-state index contributed by atoms with van der Waals surface area (Å²) in [5, 5.41) is 7.61. The van der Waals surface area contributed by atoms with Crippen LogP contribution in [0.1, 0.15) is 25.3 Å². The summed E-state index contributed by atoms with van der Waals surface area (Å²) in [5.74, 6) is 2.07. The van der Waals surface area contributed by atoms with Crippen LogP contribution in [0.15, 0.2) is 47.5 Å². The summed E-state index contributed by atoms with van der Waals surface area (Å²) in [4.78, 5) is 4.39. The van der Waals surface area contributed by atoms with Crippen molar-refractivity contribution in [1.29, 1.82) is 0 Å². The highest BCUT2D eigenvalue weighted by atomic mass is 127. The predicted molar refractivity (Wildman–Crippen MR) is 138 cm³/mol. The Bertz CT molecular complexity index is 873. The third-order valence-corrected chi connectivity index (χ3v) is 5.77. The number of hydrogen-bond donors (Lipinski definition) is 2. The van der Waals surface area contributed by atoms with Gasteiger partial charge in [-0.15, -0.1) is 24.0 Å². The topological polar surface area (TPSA) is 64.1 Å². The third kappa shape index (κ3) is 6.40. The summed E-state index contributed by atoms with van der Waals surface area (Å²) in [6.45, 7) is 4.67. The molecule has 0 atom stereocenters. The molecular weight excluding hydrogens is 529 g/mol. The van der Waals surface area contributed by atoms with Gasteiger partial charge in [-0.25, -0.2) is 0 Å². The van der Waals surface area contributed by atoms with Gasteiger partial charge in [-0.1, -0.05) is 29.8 Å². The fourth-order valence-electron chi connectivity index (χ4n) is 3.78. The molecule has 31 heavy (non-hydrogen) atoms. The van der Waals surface area contributed by atoms with Gasteiger partial charge in [0.15, 0.2) is 17.5 Å². The SMILES string of the molecule is CCOc1ccc(NC(=NC)NCC2(c3ccccc3Cl)CCOCC2)cc1OC.I. The number of methoxy groups -OCH3 is 1. The minimum Gasteiger partial charge on any atom is -0.493 e. The van der Waals surface area contributed by atoms with Gasteiger partial charge in [0.1, 0.15) is 0 Å². The Hall–Kier alpha value is -1.71. The number of nitrogens with one attached hydrogen (secondary N) is 2. The van der Waals surface area contributed by atoms with Crippen molar-refractivity contribution in [2.75, 3.05) is 45.8 Å². The Morgan fingerprint density at radius 3 is 2.55 bits per heavy atom. The van der Waals surface area contributed by atoms with Crippen LogP contribution in [-0.2, 0) is 10.2 Å². The maximum absolute atomic E-state index is 6.56. The van der Waals surface area contributed by atoms with Crippen molar-refractivity contribution >= 4 is 47.2 Å². The van der Waals surface area contributed by atoms with Gasteiger partial charge in [0.2, 0.25) is 0 Å². The number of guanidine groups is 1. The standard InChI is InChI=1S/C23H30ClN3O3.HI/c1-4-30-20-10-9-17(15-21(20)28-3)27-22(25-2)26-16-23(11-13-29-14-12-23)18-7-5-6-8-19(18)24;/h5-10,15H,4,11-14,16H2,1-3H3,(H2,25,26,27);1H. The van der Waals surface area contributed by atoms with Crippen molar-refractivity contribution in [2.24, 2.45) is 4.99 Å². The first-order valence-electron chi connectivity index (χ1n) is 10.2. The largest absolute Gasteiger partial charge is 0.493 e. The van der Waals surface area contributed by atoms with Gasteiger partial charge in [-0.3, -0.25) is 4.99 Å². The molecule has 1 fully saturated rings. The monoisotopic (exact) mass is 559 g/mol. The van der Waals surface area contributed by atoms with Gasteiger partial charge >= 0.3 is 0 Å². The number of hydrogen-bond acceptors (Lipinski definition) is 4. The lowest BCUT2D eigenvalue weighted by Crippen LogP contribution is -2.46. The number of halogens is 2. The first-order chi connectivity index (χ1) is 14.6. The third-order valence-electron chi connectivity index (χ3n) is 5.44. The Morgan fingerprint density at radius 1 is 1.16 bits per heavy atom. The van der Waals surface area contributed by atoms with Crippen LogP contribution in [0.4, 0.5) is 5.69 Å². The number of ether oxygens (including phenoxy) is 3. The minimum atomic E-state index is -0.106. The zero-order valence-electron chi connectivity index (χ0n) is 18.2. The smallest absolute Gasteiger partial charge is 0.195 e. The Balaban J connectivity index is 0.00000341. The van der Waals surface area contributed by atoms with E-state index in [0.29, 0.717) is 30.6 Å². The molecule has 0 aliphatic carbocycles. The first kappa shape index (κ1) is 25.5. The molecule has 0 bridgehead atoms. The molecule has 0 amide bonds. The van der Waals surface area contributed by atoms with Crippen LogP contribution >= 0.6 is 35.6 Å². The number of aliphatic imine (C=N–C) groups is 1. The Kier molecular flexibility index (Phi) is 10.2. The quantitative estimate of drug-likeness (QED) is 0.281. The van der Waals surface area contributed by atoms with Crippen LogP contribution < -0.4 is 20.1 Å². The van der Waals surface area contributed by atoms with Gasteiger partial charge in [0.25, 0.3) is 0 Å². The van der Waals surface area contributed by atoms with E-state index in [1.165, 1.54) is 0 Å². The summed E-state index contributed by atoms with van der Waals surface area (Å²) in [6, 6.07) is 13.8. The zero-order valence-corrected chi connectivity index (χ0v) is 21.3. The highest BCUT2D eigenvalue weighted by Crippen LogP contribution is 2.38. The summed E-state index contributed by atoms with van der Waals surface area (Å²) in [6.07, 6.45) is 1.80. The van der Waals surface area contributed by atoms with E-state index in [2.05, 4.69) is 21.7 Å². The van der Waals surface area contributed by atoms with E-state index in [1.54, 1.807) is 14.2 Å². The van der Waals surface area contributed by atoms with Crippen LogP contribution in [0.3, 0.4) is 0 Å². The van der Waals surface area contributed by atoms with Crippen molar-refractivity contribution in [1.82, 2.24) is 5.32 Å². The van der Waals surface area contributed by atoms with Gasteiger partial charge in [0, 0.05) is 49.0 Å². The van der Waals surface area contributed by atoms with Crippen LogP contribution in [0.5, 0.6) is 11.5 Å². The summed E-state index contributed by atoms with van der Waals surface area (Å²) >= 11 is 6.56. The first-order valence-corrected chi connectivity index (χ1v) is 10.6. The highest BCUT2D eigenvalue weighted by Gasteiger charge is 2.36. The molecule has 170 valence electrons. The van der Waals surface area contributed by atoms with Crippen LogP contribution in [-0.4, -0.2) is 46.5 Å².